The Balaban J connectivity index is 2.03. The van der Waals surface area contributed by atoms with Crippen molar-refractivity contribution in [3.8, 4) is 0 Å². The van der Waals surface area contributed by atoms with Crippen LogP contribution in [0.4, 0.5) is 0 Å². The molecule has 3 fully saturated rings. The fourth-order valence-corrected chi connectivity index (χ4v) is 4.15. The Morgan fingerprint density at radius 2 is 1.38 bits per heavy atom. The van der Waals surface area contributed by atoms with Crippen LogP contribution < -0.4 is 0 Å². The molecule has 46 valence electrons. The monoisotopic (exact) mass is 152 g/mol. The molecule has 0 aliphatic carbocycles. The Labute approximate surface area is 50.1 Å². The van der Waals surface area contributed by atoms with Gasteiger partial charge in [0.05, 0.1) is 19.0 Å². The molecule has 0 amide bonds. The van der Waals surface area contributed by atoms with E-state index in [1.807, 2.05) is 0 Å². The lowest BCUT2D eigenvalue weighted by Crippen LogP contribution is -2.14. The second kappa shape index (κ2) is 2.17. The first-order chi connectivity index (χ1) is 3.95. The van der Waals surface area contributed by atoms with Gasteiger partial charge in [-0.05, 0) is 7.92 Å². The average molecular weight is 152 g/mol. The van der Waals surface area contributed by atoms with Crippen molar-refractivity contribution in [3.05, 3.63) is 0 Å². The number of rotatable bonds is 0. The Morgan fingerprint density at radius 3 is 1.50 bits per heavy atom. The third-order valence-electron chi connectivity index (χ3n) is 1.04. The highest BCUT2D eigenvalue weighted by Gasteiger charge is 2.30. The van der Waals surface area contributed by atoms with E-state index in [2.05, 4.69) is 0 Å². The molecule has 3 nitrogen and oxygen atoms in total. The van der Waals surface area contributed by atoms with E-state index in [0.29, 0.717) is 0 Å². The van der Waals surface area contributed by atoms with Crippen LogP contribution in [0.25, 0.3) is 0 Å². The van der Waals surface area contributed by atoms with E-state index in [1.54, 1.807) is 0 Å². The second-order valence-electron chi connectivity index (χ2n) is 1.67. The van der Waals surface area contributed by atoms with Crippen LogP contribution in [0, 0.1) is 0 Å². The van der Waals surface area contributed by atoms with Crippen LogP contribution in [0.5, 0.6) is 0 Å². The largest absolute Gasteiger partial charge is 0.333 e. The predicted octanol–water partition coefficient (Wildman–Crippen LogP) is 1.64. The fourth-order valence-electron chi connectivity index (χ4n) is 0.610. The van der Waals surface area contributed by atoms with E-state index in [-0.39, 0.29) is 7.92 Å². The summed E-state index contributed by atoms with van der Waals surface area (Å²) >= 11 is 0. The molecule has 0 N–H and O–H groups in total. The van der Waals surface area contributed by atoms with Crippen LogP contribution in [0.15, 0.2) is 0 Å². The van der Waals surface area contributed by atoms with E-state index in [4.69, 9.17) is 13.6 Å². The van der Waals surface area contributed by atoms with Gasteiger partial charge in [-0.2, -0.15) is 0 Å². The van der Waals surface area contributed by atoms with E-state index in [0.717, 1.165) is 19.0 Å². The van der Waals surface area contributed by atoms with Crippen LogP contribution >= 0.6 is 16.5 Å². The van der Waals surface area contributed by atoms with Gasteiger partial charge in [0.25, 0.3) is 0 Å². The molecule has 3 aliphatic rings. The highest BCUT2D eigenvalue weighted by atomic mass is 31.2. The molecule has 3 saturated heterocycles. The SMILES string of the molecule is C1OP2OCP1CO2. The van der Waals surface area contributed by atoms with Crippen molar-refractivity contribution in [2.45, 2.75) is 0 Å². The third kappa shape index (κ3) is 0.896. The van der Waals surface area contributed by atoms with E-state index in [1.165, 1.54) is 0 Å². The number of fused-ring (bicyclic) bond motifs is 3. The summed E-state index contributed by atoms with van der Waals surface area (Å²) in [5, 5.41) is 0. The van der Waals surface area contributed by atoms with Gasteiger partial charge in [-0.25, -0.2) is 0 Å². The van der Waals surface area contributed by atoms with Crippen molar-refractivity contribution in [2.24, 2.45) is 0 Å². The second-order valence-corrected chi connectivity index (χ2v) is 5.01. The van der Waals surface area contributed by atoms with Gasteiger partial charge in [-0.15, -0.1) is 0 Å². The van der Waals surface area contributed by atoms with Gasteiger partial charge < -0.3 is 13.6 Å². The molecule has 0 aromatic rings. The maximum atomic E-state index is 5.13. The standard InChI is InChI=1S/C3H6O3P2/c1-4-8-5-2-7(1)3-6-8/h1-3H2. The van der Waals surface area contributed by atoms with Crippen molar-refractivity contribution in [1.29, 1.82) is 0 Å². The van der Waals surface area contributed by atoms with Gasteiger partial charge in [-0.3, -0.25) is 0 Å². The maximum Gasteiger partial charge on any atom is 0.333 e. The quantitative estimate of drug-likeness (QED) is 0.494. The van der Waals surface area contributed by atoms with Gasteiger partial charge in [0.15, 0.2) is 0 Å². The number of hydrogen-bond donors (Lipinski definition) is 0. The molecule has 0 unspecified atom stereocenters. The molecule has 3 heterocycles. The lowest BCUT2D eigenvalue weighted by Gasteiger charge is -2.33. The van der Waals surface area contributed by atoms with Crippen LogP contribution in [0.1, 0.15) is 0 Å². The van der Waals surface area contributed by atoms with E-state index < -0.39 is 8.60 Å². The summed E-state index contributed by atoms with van der Waals surface area (Å²) in [6.07, 6.45) is 2.71. The molecule has 8 heavy (non-hydrogen) atoms. The first-order valence-electron chi connectivity index (χ1n) is 2.36. The molecule has 0 saturated carbocycles. The van der Waals surface area contributed by atoms with Crippen molar-refractivity contribution < 1.29 is 13.6 Å². The topological polar surface area (TPSA) is 27.7 Å². The molecule has 0 aromatic carbocycles. The molecule has 0 aromatic heterocycles. The van der Waals surface area contributed by atoms with E-state index >= 15 is 0 Å². The summed E-state index contributed by atoms with van der Waals surface area (Å²) in [5.74, 6) is 0. The molecule has 0 atom stereocenters. The summed E-state index contributed by atoms with van der Waals surface area (Å²) in [6, 6.07) is 0. The Kier molecular flexibility index (Phi) is 1.49. The zero-order valence-corrected chi connectivity index (χ0v) is 6.03. The van der Waals surface area contributed by atoms with Gasteiger partial charge >= 0.3 is 8.60 Å². The maximum absolute atomic E-state index is 5.13. The fraction of sp³-hybridized carbons (Fsp3) is 1.00. The van der Waals surface area contributed by atoms with E-state index in [9.17, 15) is 0 Å². The average Bonchev–Trinajstić information content (AvgIpc) is 1.92. The molecule has 0 spiro atoms. The summed E-state index contributed by atoms with van der Waals surface area (Å²) < 4.78 is 15.4. The lowest BCUT2D eigenvalue weighted by molar-refractivity contribution is 0.173. The highest BCUT2D eigenvalue weighted by molar-refractivity contribution is 7.61. The molecule has 3 aliphatic heterocycles. The zero-order chi connectivity index (χ0) is 5.40. The van der Waals surface area contributed by atoms with Crippen LogP contribution in [-0.2, 0) is 13.6 Å². The minimum Gasteiger partial charge on any atom is -0.307 e. The van der Waals surface area contributed by atoms with Gasteiger partial charge in [-0.1, -0.05) is 0 Å². The van der Waals surface area contributed by atoms with Crippen LogP contribution in [0.2, 0.25) is 0 Å². The molecular weight excluding hydrogens is 146 g/mol. The van der Waals surface area contributed by atoms with Gasteiger partial charge in [0.1, 0.15) is 0 Å². The van der Waals surface area contributed by atoms with Crippen LogP contribution in [-0.4, -0.2) is 19.0 Å². The number of hydrogen-bond acceptors (Lipinski definition) is 3. The first-order valence-corrected chi connectivity index (χ1v) is 5.36. The van der Waals surface area contributed by atoms with Gasteiger partial charge in [0, 0.05) is 0 Å². The summed E-state index contributed by atoms with van der Waals surface area (Å²) in [5.41, 5.74) is 0. The molecular formula is C3H6O3P2. The van der Waals surface area contributed by atoms with Crippen molar-refractivity contribution in [3.63, 3.8) is 0 Å². The Hall–Kier alpha value is 0.740. The van der Waals surface area contributed by atoms with Crippen molar-refractivity contribution >= 4 is 16.5 Å². The minimum absolute atomic E-state index is 0.0540. The van der Waals surface area contributed by atoms with Crippen molar-refractivity contribution in [2.75, 3.05) is 19.0 Å². The predicted molar refractivity (Wildman–Crippen MR) is 31.7 cm³/mol. The van der Waals surface area contributed by atoms with Crippen molar-refractivity contribution in [1.82, 2.24) is 0 Å². The first kappa shape index (κ1) is 5.52. The molecule has 2 bridgehead atoms. The smallest absolute Gasteiger partial charge is 0.307 e. The molecule has 5 heteroatoms. The zero-order valence-electron chi connectivity index (χ0n) is 4.24. The Morgan fingerprint density at radius 1 is 0.875 bits per heavy atom. The molecule has 0 radical (unpaired) electrons. The lowest BCUT2D eigenvalue weighted by atomic mass is 11.6. The third-order valence-corrected chi connectivity index (χ3v) is 4.15. The summed E-state index contributed by atoms with van der Waals surface area (Å²) in [4.78, 5) is 0. The molecule has 3 rings (SSSR count). The summed E-state index contributed by atoms with van der Waals surface area (Å²) in [7, 11) is -0.941. The minimum atomic E-state index is -0.887. The highest BCUT2D eigenvalue weighted by Crippen LogP contribution is 2.60. The van der Waals surface area contributed by atoms with Gasteiger partial charge in [0.2, 0.25) is 0 Å². The normalized spacial score (nSPS) is 45.0. The van der Waals surface area contributed by atoms with Crippen LogP contribution in [0.3, 0.4) is 0 Å². The Bertz CT molecular complexity index is 67.5. The summed E-state index contributed by atoms with van der Waals surface area (Å²) in [6.45, 7) is 0.